The van der Waals surface area contributed by atoms with Crippen LogP contribution >= 0.6 is 11.3 Å². The molecule has 6 nitrogen and oxygen atoms in total. The van der Waals surface area contributed by atoms with Crippen LogP contribution in [-0.2, 0) is 16.0 Å². The lowest BCUT2D eigenvalue weighted by Crippen LogP contribution is -2.11. The summed E-state index contributed by atoms with van der Waals surface area (Å²) in [6.07, 6.45) is -3.46. The van der Waals surface area contributed by atoms with E-state index < -0.39 is 26.5 Å². The quantitative estimate of drug-likeness (QED) is 0.569. The van der Waals surface area contributed by atoms with Crippen LogP contribution in [0.15, 0.2) is 34.5 Å². The Morgan fingerprint density at radius 3 is 2.31 bits per heavy atom. The average Bonchev–Trinajstić information content (AvgIpc) is 2.96. The Morgan fingerprint density at radius 1 is 1.27 bits per heavy atom. The van der Waals surface area contributed by atoms with E-state index in [9.17, 15) is 31.7 Å². The van der Waals surface area contributed by atoms with Crippen LogP contribution in [0.1, 0.15) is 24.0 Å². The van der Waals surface area contributed by atoms with E-state index in [1.165, 1.54) is 12.1 Å². The molecule has 2 rings (SSSR count). The minimum Gasteiger partial charge on any atom is -0.371 e. The maximum atomic E-state index is 12.6. The van der Waals surface area contributed by atoms with Crippen molar-refractivity contribution in [3.8, 4) is 0 Å². The van der Waals surface area contributed by atoms with Crippen molar-refractivity contribution in [2.45, 2.75) is 23.2 Å². The van der Waals surface area contributed by atoms with Gasteiger partial charge in [0.25, 0.3) is 0 Å². The van der Waals surface area contributed by atoms with E-state index in [1.54, 1.807) is 6.92 Å². The fraction of sp³-hybridized carbons (Fsp3) is 0.333. The topological polar surface area (TPSA) is 89.3 Å². The molecule has 1 aromatic carbocycles. The highest BCUT2D eigenvalue weighted by Gasteiger charge is 2.30. The fourth-order valence-electron chi connectivity index (χ4n) is 2.17. The van der Waals surface area contributed by atoms with Gasteiger partial charge in [0.2, 0.25) is 0 Å². The zero-order valence-electron chi connectivity index (χ0n) is 13.7. The summed E-state index contributed by atoms with van der Waals surface area (Å²) in [5, 5.41) is 14.0. The van der Waals surface area contributed by atoms with E-state index in [0.717, 1.165) is 35.8 Å². The van der Waals surface area contributed by atoms with Crippen molar-refractivity contribution in [2.75, 3.05) is 18.1 Å². The highest BCUT2D eigenvalue weighted by atomic mass is 32.2. The molecule has 0 aliphatic carbocycles. The van der Waals surface area contributed by atoms with Gasteiger partial charge in [-0.2, -0.15) is 13.2 Å². The largest absolute Gasteiger partial charge is 0.416 e. The third-order valence-electron chi connectivity index (χ3n) is 3.63. The molecule has 1 atom stereocenters. The van der Waals surface area contributed by atoms with Crippen LogP contribution in [0.25, 0.3) is 0 Å². The van der Waals surface area contributed by atoms with Gasteiger partial charge in [-0.15, -0.1) is 0 Å². The summed E-state index contributed by atoms with van der Waals surface area (Å²) in [7, 11) is -3.58. The van der Waals surface area contributed by atoms with Crippen LogP contribution in [-0.4, -0.2) is 26.1 Å². The third kappa shape index (κ3) is 4.73. The van der Waals surface area contributed by atoms with Crippen molar-refractivity contribution >= 4 is 31.9 Å². The van der Waals surface area contributed by atoms with Crippen molar-refractivity contribution in [1.82, 2.24) is 0 Å². The van der Waals surface area contributed by atoms with Crippen molar-refractivity contribution in [3.05, 3.63) is 51.6 Å². The van der Waals surface area contributed by atoms with Gasteiger partial charge in [-0.1, -0.05) is 30.4 Å². The molecular weight excluding hydrogens is 393 g/mol. The Labute approximate surface area is 151 Å². The number of nitrogens with one attached hydrogen (secondary N) is 1. The zero-order valence-corrected chi connectivity index (χ0v) is 15.3. The maximum Gasteiger partial charge on any atom is 0.416 e. The van der Waals surface area contributed by atoms with Gasteiger partial charge >= 0.3 is 11.9 Å². The van der Waals surface area contributed by atoms with Gasteiger partial charge < -0.3 is 5.32 Å². The number of hydrogen-bond donors (Lipinski definition) is 1. The van der Waals surface area contributed by atoms with Crippen LogP contribution in [0.3, 0.4) is 0 Å². The van der Waals surface area contributed by atoms with Crippen molar-refractivity contribution in [2.24, 2.45) is 0 Å². The van der Waals surface area contributed by atoms with E-state index in [1.807, 2.05) is 0 Å². The van der Waals surface area contributed by atoms with Gasteiger partial charge in [-0.3, -0.25) is 10.1 Å². The summed E-state index contributed by atoms with van der Waals surface area (Å²) < 4.78 is 60.7. The molecule has 1 N–H and O–H groups in total. The number of nitrogens with zero attached hydrogens (tertiary/aromatic N) is 1. The van der Waals surface area contributed by atoms with Gasteiger partial charge in [0.05, 0.1) is 10.5 Å². The van der Waals surface area contributed by atoms with E-state index in [4.69, 9.17) is 0 Å². The molecule has 0 spiro atoms. The van der Waals surface area contributed by atoms with Crippen LogP contribution in [0, 0.1) is 10.1 Å². The fourth-order valence-corrected chi connectivity index (χ4v) is 4.12. The molecule has 1 heterocycles. The monoisotopic (exact) mass is 408 g/mol. The minimum atomic E-state index is -4.42. The predicted molar refractivity (Wildman–Crippen MR) is 92.4 cm³/mol. The number of benzene rings is 1. The molecule has 0 saturated heterocycles. The lowest BCUT2D eigenvalue weighted by molar-refractivity contribution is -0.383. The number of hydrogen-bond acceptors (Lipinski definition) is 6. The second-order valence-electron chi connectivity index (χ2n) is 5.71. The Morgan fingerprint density at radius 2 is 1.85 bits per heavy atom. The summed E-state index contributed by atoms with van der Waals surface area (Å²) in [5.41, 5.74) is -0.490. The Balaban J connectivity index is 2.15. The molecule has 0 amide bonds. The lowest BCUT2D eigenvalue weighted by atomic mass is 10.00. The molecule has 0 radical (unpaired) electrons. The van der Waals surface area contributed by atoms with Crippen LogP contribution in [0.5, 0.6) is 0 Å². The summed E-state index contributed by atoms with van der Waals surface area (Å²) in [5.74, 6) is -0.249. The van der Waals surface area contributed by atoms with Gasteiger partial charge in [0.1, 0.15) is 4.21 Å². The first kappa shape index (κ1) is 20.2. The van der Waals surface area contributed by atoms with Gasteiger partial charge in [0.15, 0.2) is 14.8 Å². The summed E-state index contributed by atoms with van der Waals surface area (Å²) >= 11 is 0.748. The second kappa shape index (κ2) is 7.23. The second-order valence-corrected chi connectivity index (χ2v) is 9.01. The summed E-state index contributed by atoms with van der Waals surface area (Å²) in [4.78, 5) is 10.4. The number of rotatable bonds is 6. The van der Waals surface area contributed by atoms with Crippen LogP contribution in [0.4, 0.5) is 23.9 Å². The number of sulfone groups is 1. The normalized spacial score (nSPS) is 13.4. The molecule has 1 aromatic heterocycles. The molecule has 26 heavy (non-hydrogen) atoms. The van der Waals surface area contributed by atoms with Crippen molar-refractivity contribution < 1.29 is 26.5 Å². The predicted octanol–water partition coefficient (Wildman–Crippen LogP) is 4.29. The highest BCUT2D eigenvalue weighted by molar-refractivity contribution is 7.92. The summed E-state index contributed by atoms with van der Waals surface area (Å²) in [6, 6.07) is 5.63. The SMILES string of the molecule is CC(CNc1sc(S(C)(=O)=O)cc1[N+](=O)[O-])c1ccc(C(F)(F)F)cc1. The third-order valence-corrected chi connectivity index (χ3v) is 6.51. The molecule has 0 bridgehead atoms. The Bertz CT molecular complexity index is 906. The Hall–Kier alpha value is -2.14. The van der Waals surface area contributed by atoms with Gasteiger partial charge in [0, 0.05) is 18.9 Å². The minimum absolute atomic E-state index is 0.0918. The van der Waals surface area contributed by atoms with E-state index in [-0.39, 0.29) is 27.4 Å². The van der Waals surface area contributed by atoms with Crippen molar-refractivity contribution in [1.29, 1.82) is 0 Å². The number of thiophene rings is 1. The smallest absolute Gasteiger partial charge is 0.371 e. The molecule has 0 fully saturated rings. The molecule has 0 aliphatic heterocycles. The van der Waals surface area contributed by atoms with Gasteiger partial charge in [-0.25, -0.2) is 8.42 Å². The standard InChI is InChI=1S/C15H15F3N2O4S2/c1-9(10-3-5-11(6-4-10)15(16,17)18)8-19-14-12(20(21)22)7-13(25-14)26(2,23)24/h3-7,9,19H,8H2,1-2H3. The maximum absolute atomic E-state index is 12.6. The van der Waals surface area contributed by atoms with Crippen molar-refractivity contribution in [3.63, 3.8) is 0 Å². The average molecular weight is 408 g/mol. The molecule has 0 aliphatic rings. The first-order chi connectivity index (χ1) is 11.9. The molecular formula is C15H15F3N2O4S2. The Kier molecular flexibility index (Phi) is 5.61. The van der Waals surface area contributed by atoms with E-state index >= 15 is 0 Å². The number of nitro groups is 1. The van der Waals surface area contributed by atoms with Crippen LogP contribution in [0.2, 0.25) is 0 Å². The first-order valence-electron chi connectivity index (χ1n) is 7.29. The highest BCUT2D eigenvalue weighted by Crippen LogP contribution is 2.37. The lowest BCUT2D eigenvalue weighted by Gasteiger charge is -2.14. The molecule has 142 valence electrons. The number of alkyl halides is 3. The molecule has 11 heteroatoms. The molecule has 0 saturated carbocycles. The molecule has 2 aromatic rings. The molecule has 1 unspecified atom stereocenters. The summed E-state index contributed by atoms with van der Waals surface area (Å²) in [6.45, 7) is 1.93. The zero-order chi connectivity index (χ0) is 19.7. The van der Waals surface area contributed by atoms with E-state index in [2.05, 4.69) is 5.32 Å². The van der Waals surface area contributed by atoms with Gasteiger partial charge in [-0.05, 0) is 23.6 Å². The number of anilines is 1. The first-order valence-corrected chi connectivity index (χ1v) is 9.99. The van der Waals surface area contributed by atoms with Crippen LogP contribution < -0.4 is 5.32 Å². The van der Waals surface area contributed by atoms with E-state index in [0.29, 0.717) is 5.56 Å². The number of halogens is 3.